The largest absolute Gasteiger partial charge is 0.486 e. The molecule has 2 aromatic carbocycles. The molecular formula is C20H24N2O5S. The number of hydrogen-bond donors (Lipinski definition) is 2. The lowest BCUT2D eigenvalue weighted by Crippen LogP contribution is -2.40. The number of hydrogen-bond acceptors (Lipinski definition) is 5. The second-order valence-corrected chi connectivity index (χ2v) is 9.22. The molecule has 0 spiro atoms. The number of ether oxygens (including phenoxy) is 2. The first kappa shape index (κ1) is 20.2. The lowest BCUT2D eigenvalue weighted by molar-refractivity contribution is 0.0950. The molecule has 0 saturated carbocycles. The van der Waals surface area contributed by atoms with Gasteiger partial charge in [0.25, 0.3) is 5.91 Å². The zero-order valence-corrected chi connectivity index (χ0v) is 16.9. The molecule has 0 unspecified atom stereocenters. The van der Waals surface area contributed by atoms with Crippen molar-refractivity contribution < 1.29 is 22.7 Å². The molecular weight excluding hydrogens is 380 g/mol. The van der Waals surface area contributed by atoms with Gasteiger partial charge in [0.1, 0.15) is 13.2 Å². The zero-order chi connectivity index (χ0) is 20.4. The van der Waals surface area contributed by atoms with Crippen LogP contribution in [0.3, 0.4) is 0 Å². The van der Waals surface area contributed by atoms with E-state index in [0.717, 1.165) is 5.56 Å². The maximum absolute atomic E-state index is 12.4. The van der Waals surface area contributed by atoms with Crippen molar-refractivity contribution in [3.8, 4) is 11.5 Å². The van der Waals surface area contributed by atoms with Crippen LogP contribution in [0.1, 0.15) is 36.7 Å². The van der Waals surface area contributed by atoms with Gasteiger partial charge < -0.3 is 14.8 Å². The SMILES string of the molecule is CC(C)(C)NS(=O)(=O)c1ccc(C(=O)NCc2ccc3c(c2)OCCO3)cc1. The van der Waals surface area contributed by atoms with Crippen molar-refractivity contribution in [2.45, 2.75) is 37.8 Å². The fraction of sp³-hybridized carbons (Fsp3) is 0.350. The first-order valence-electron chi connectivity index (χ1n) is 8.95. The smallest absolute Gasteiger partial charge is 0.251 e. The van der Waals surface area contributed by atoms with E-state index in [1.165, 1.54) is 24.3 Å². The van der Waals surface area contributed by atoms with Crippen molar-refractivity contribution in [3.63, 3.8) is 0 Å². The number of rotatable bonds is 5. The number of benzene rings is 2. The Morgan fingerprint density at radius 3 is 2.29 bits per heavy atom. The molecule has 0 aromatic heterocycles. The third-order valence-corrected chi connectivity index (χ3v) is 5.70. The van der Waals surface area contributed by atoms with Gasteiger partial charge in [0.05, 0.1) is 4.90 Å². The van der Waals surface area contributed by atoms with Gasteiger partial charge in [0, 0.05) is 17.6 Å². The van der Waals surface area contributed by atoms with E-state index in [-0.39, 0.29) is 10.8 Å². The highest BCUT2D eigenvalue weighted by atomic mass is 32.2. The Balaban J connectivity index is 1.64. The minimum atomic E-state index is -3.63. The van der Waals surface area contributed by atoms with Crippen LogP contribution in [0, 0.1) is 0 Å². The fourth-order valence-electron chi connectivity index (χ4n) is 2.73. The highest BCUT2D eigenvalue weighted by molar-refractivity contribution is 7.89. The van der Waals surface area contributed by atoms with E-state index in [0.29, 0.717) is 36.8 Å². The summed E-state index contributed by atoms with van der Waals surface area (Å²) >= 11 is 0. The molecule has 8 heteroatoms. The van der Waals surface area contributed by atoms with Crippen molar-refractivity contribution in [2.75, 3.05) is 13.2 Å². The van der Waals surface area contributed by atoms with Crippen molar-refractivity contribution in [3.05, 3.63) is 53.6 Å². The molecule has 1 amide bonds. The van der Waals surface area contributed by atoms with Crippen LogP contribution < -0.4 is 19.5 Å². The monoisotopic (exact) mass is 404 g/mol. The summed E-state index contributed by atoms with van der Waals surface area (Å²) in [5.41, 5.74) is 0.678. The molecule has 0 fully saturated rings. The summed E-state index contributed by atoms with van der Waals surface area (Å²) in [6.45, 7) is 6.65. The van der Waals surface area contributed by atoms with E-state index in [9.17, 15) is 13.2 Å². The first-order valence-corrected chi connectivity index (χ1v) is 10.4. The summed E-state index contributed by atoms with van der Waals surface area (Å²) in [5, 5.41) is 2.82. The standard InChI is InChI=1S/C20H24N2O5S/c1-20(2,3)22-28(24,25)16-7-5-15(6-8-16)19(23)21-13-14-4-9-17-18(12-14)27-11-10-26-17/h4-9,12,22H,10-11,13H2,1-3H3,(H,21,23). The van der Waals surface area contributed by atoms with E-state index in [1.54, 1.807) is 20.8 Å². The van der Waals surface area contributed by atoms with Gasteiger partial charge in [-0.15, -0.1) is 0 Å². The predicted molar refractivity (Wildman–Crippen MR) is 105 cm³/mol. The lowest BCUT2D eigenvalue weighted by atomic mass is 10.1. The van der Waals surface area contributed by atoms with E-state index in [4.69, 9.17) is 9.47 Å². The van der Waals surface area contributed by atoms with E-state index in [2.05, 4.69) is 10.0 Å². The summed E-state index contributed by atoms with van der Waals surface area (Å²) in [6.07, 6.45) is 0. The van der Waals surface area contributed by atoms with Crippen LogP contribution in [0.15, 0.2) is 47.4 Å². The zero-order valence-electron chi connectivity index (χ0n) is 16.1. The fourth-order valence-corrected chi connectivity index (χ4v) is 4.15. The molecule has 3 rings (SSSR count). The molecule has 7 nitrogen and oxygen atoms in total. The quantitative estimate of drug-likeness (QED) is 0.798. The minimum Gasteiger partial charge on any atom is -0.486 e. The van der Waals surface area contributed by atoms with E-state index in [1.807, 2.05) is 18.2 Å². The molecule has 0 atom stereocenters. The number of sulfonamides is 1. The van der Waals surface area contributed by atoms with Crippen LogP contribution in [0.2, 0.25) is 0 Å². The molecule has 1 heterocycles. The summed E-state index contributed by atoms with van der Waals surface area (Å²) < 4.78 is 38.2. The highest BCUT2D eigenvalue weighted by Gasteiger charge is 2.22. The average molecular weight is 404 g/mol. The molecule has 2 N–H and O–H groups in total. The van der Waals surface area contributed by atoms with Crippen LogP contribution in [0.5, 0.6) is 11.5 Å². The summed E-state index contributed by atoms with van der Waals surface area (Å²) in [5.74, 6) is 1.07. The molecule has 0 saturated heterocycles. The maximum atomic E-state index is 12.4. The Kier molecular flexibility index (Phi) is 5.62. The number of fused-ring (bicyclic) bond motifs is 1. The summed E-state index contributed by atoms with van der Waals surface area (Å²) in [7, 11) is -3.63. The summed E-state index contributed by atoms with van der Waals surface area (Å²) in [6, 6.07) is 11.4. The van der Waals surface area contributed by atoms with Gasteiger partial charge in [0.2, 0.25) is 10.0 Å². The van der Waals surface area contributed by atoms with Crippen molar-refractivity contribution in [1.29, 1.82) is 0 Å². The first-order chi connectivity index (χ1) is 13.1. The van der Waals surface area contributed by atoms with Crippen LogP contribution in [0.4, 0.5) is 0 Å². The third kappa shape index (κ3) is 5.02. The highest BCUT2D eigenvalue weighted by Crippen LogP contribution is 2.30. The van der Waals surface area contributed by atoms with Crippen LogP contribution >= 0.6 is 0 Å². The lowest BCUT2D eigenvalue weighted by Gasteiger charge is -2.20. The maximum Gasteiger partial charge on any atom is 0.251 e. The van der Waals surface area contributed by atoms with Gasteiger partial charge in [-0.2, -0.15) is 0 Å². The second kappa shape index (κ2) is 7.81. The number of nitrogens with one attached hydrogen (secondary N) is 2. The number of carbonyl (C=O) groups excluding carboxylic acids is 1. The van der Waals surface area contributed by atoms with Crippen LogP contribution in [0.25, 0.3) is 0 Å². The van der Waals surface area contributed by atoms with E-state index < -0.39 is 15.6 Å². The normalized spacial score (nSPS) is 13.8. The Hall–Kier alpha value is -2.58. The molecule has 1 aliphatic rings. The molecule has 0 bridgehead atoms. The van der Waals surface area contributed by atoms with Gasteiger partial charge >= 0.3 is 0 Å². The molecule has 1 aliphatic heterocycles. The van der Waals surface area contributed by atoms with Crippen molar-refractivity contribution in [1.82, 2.24) is 10.0 Å². The molecule has 0 radical (unpaired) electrons. The number of amides is 1. The van der Waals surface area contributed by atoms with Crippen molar-refractivity contribution >= 4 is 15.9 Å². The van der Waals surface area contributed by atoms with Crippen LogP contribution in [-0.2, 0) is 16.6 Å². The molecule has 2 aromatic rings. The second-order valence-electron chi connectivity index (χ2n) is 7.54. The topological polar surface area (TPSA) is 93.7 Å². The van der Waals surface area contributed by atoms with Crippen molar-refractivity contribution in [2.24, 2.45) is 0 Å². The Morgan fingerprint density at radius 1 is 1.00 bits per heavy atom. The Morgan fingerprint density at radius 2 is 1.64 bits per heavy atom. The Labute approximate surface area is 165 Å². The molecule has 150 valence electrons. The summed E-state index contributed by atoms with van der Waals surface area (Å²) in [4.78, 5) is 12.5. The molecule has 0 aliphatic carbocycles. The van der Waals surface area contributed by atoms with E-state index >= 15 is 0 Å². The van der Waals surface area contributed by atoms with Gasteiger partial charge in [-0.1, -0.05) is 6.07 Å². The Bertz CT molecular complexity index is 963. The molecule has 28 heavy (non-hydrogen) atoms. The number of carbonyl (C=O) groups is 1. The van der Waals surface area contributed by atoms with Gasteiger partial charge in [0.15, 0.2) is 11.5 Å². The van der Waals surface area contributed by atoms with Gasteiger partial charge in [-0.3, -0.25) is 4.79 Å². The third-order valence-electron chi connectivity index (χ3n) is 3.93. The van der Waals surface area contributed by atoms with Gasteiger partial charge in [-0.05, 0) is 62.7 Å². The average Bonchev–Trinajstić information content (AvgIpc) is 2.64. The minimum absolute atomic E-state index is 0.116. The van der Waals surface area contributed by atoms with Gasteiger partial charge in [-0.25, -0.2) is 13.1 Å². The van der Waals surface area contributed by atoms with Crippen LogP contribution in [-0.4, -0.2) is 33.1 Å². The predicted octanol–water partition coefficient (Wildman–Crippen LogP) is 2.46.